The largest absolute Gasteiger partial charge is 0.462 e. The van der Waals surface area contributed by atoms with Crippen molar-refractivity contribution < 1.29 is 19.1 Å². The number of likely N-dealkylation sites (tertiary alicyclic amines) is 1. The van der Waals surface area contributed by atoms with Crippen molar-refractivity contribution in [3.05, 3.63) is 65.7 Å². The summed E-state index contributed by atoms with van der Waals surface area (Å²) in [4.78, 5) is 42.0. The van der Waals surface area contributed by atoms with Crippen LogP contribution in [0.1, 0.15) is 67.8 Å². The van der Waals surface area contributed by atoms with Crippen LogP contribution in [-0.2, 0) is 20.7 Å². The molecule has 2 aromatic rings. The number of carbonyl (C=O) groups is 3. The number of carbonyl (C=O) groups excluding carboxylic acids is 3. The van der Waals surface area contributed by atoms with Gasteiger partial charge in [0.1, 0.15) is 0 Å². The van der Waals surface area contributed by atoms with Crippen LogP contribution in [0.15, 0.2) is 54.6 Å². The summed E-state index contributed by atoms with van der Waals surface area (Å²) in [6.07, 6.45) is 8.59. The van der Waals surface area contributed by atoms with Crippen molar-refractivity contribution in [1.29, 1.82) is 0 Å². The minimum atomic E-state index is -0.461. The van der Waals surface area contributed by atoms with Gasteiger partial charge in [0.05, 0.1) is 17.9 Å². The zero-order chi connectivity index (χ0) is 25.8. The van der Waals surface area contributed by atoms with Crippen LogP contribution in [0, 0.1) is 17.8 Å². The van der Waals surface area contributed by atoms with E-state index < -0.39 is 5.97 Å². The quantitative estimate of drug-likeness (QED) is 0.364. The lowest BCUT2D eigenvalue weighted by Crippen LogP contribution is -2.51. The molecular formula is C31H38N2O4. The summed E-state index contributed by atoms with van der Waals surface area (Å²) in [5, 5.41) is 0. The van der Waals surface area contributed by atoms with Gasteiger partial charge in [-0.2, -0.15) is 0 Å². The monoisotopic (exact) mass is 502 g/mol. The summed E-state index contributed by atoms with van der Waals surface area (Å²) in [6.45, 7) is 4.13. The first-order valence-electron chi connectivity index (χ1n) is 13.9. The van der Waals surface area contributed by atoms with Crippen molar-refractivity contribution in [3.63, 3.8) is 0 Å². The van der Waals surface area contributed by atoms with Crippen molar-refractivity contribution in [1.82, 2.24) is 4.90 Å². The van der Waals surface area contributed by atoms with E-state index in [-0.39, 0.29) is 29.7 Å². The topological polar surface area (TPSA) is 66.9 Å². The Kier molecular flexibility index (Phi) is 8.04. The van der Waals surface area contributed by atoms with Crippen LogP contribution >= 0.6 is 0 Å². The highest BCUT2D eigenvalue weighted by Crippen LogP contribution is 2.38. The Morgan fingerprint density at radius 1 is 1.00 bits per heavy atom. The van der Waals surface area contributed by atoms with E-state index in [0.717, 1.165) is 37.3 Å². The number of hydrogen-bond acceptors (Lipinski definition) is 5. The van der Waals surface area contributed by atoms with Crippen LogP contribution < -0.4 is 4.90 Å². The number of para-hydroxylation sites is 1. The predicted molar refractivity (Wildman–Crippen MR) is 143 cm³/mol. The first-order valence-corrected chi connectivity index (χ1v) is 13.9. The van der Waals surface area contributed by atoms with Gasteiger partial charge in [-0.1, -0.05) is 62.2 Å². The Labute approximate surface area is 220 Å². The number of hydrogen-bond donors (Lipinski definition) is 0. The smallest absolute Gasteiger partial charge is 0.340 e. The normalized spacial score (nSPS) is 26.2. The lowest BCUT2D eigenvalue weighted by atomic mass is 9.75. The average Bonchev–Trinajstić information content (AvgIpc) is 3.18. The van der Waals surface area contributed by atoms with E-state index >= 15 is 0 Å². The molecule has 2 heterocycles. The molecule has 0 aromatic heterocycles. The molecule has 2 aromatic carbocycles. The summed E-state index contributed by atoms with van der Waals surface area (Å²) >= 11 is 0. The molecule has 0 N–H and O–H groups in total. The summed E-state index contributed by atoms with van der Waals surface area (Å²) < 4.78 is 5.85. The fraction of sp³-hybridized carbons (Fsp3) is 0.516. The molecule has 6 heteroatoms. The molecule has 2 saturated heterocycles. The van der Waals surface area contributed by atoms with Crippen molar-refractivity contribution in [2.24, 2.45) is 17.8 Å². The van der Waals surface area contributed by atoms with E-state index in [1.165, 1.54) is 31.2 Å². The molecule has 0 bridgehead atoms. The zero-order valence-corrected chi connectivity index (χ0v) is 21.8. The molecule has 37 heavy (non-hydrogen) atoms. The summed E-state index contributed by atoms with van der Waals surface area (Å²) in [5.41, 5.74) is 2.00. The molecule has 0 radical (unpaired) electrons. The highest BCUT2D eigenvalue weighted by atomic mass is 16.5. The number of ether oxygens (including phenoxy) is 1. The Hall–Kier alpha value is -2.99. The second kappa shape index (κ2) is 11.6. The van der Waals surface area contributed by atoms with Crippen molar-refractivity contribution in [2.45, 2.75) is 64.3 Å². The lowest BCUT2D eigenvalue weighted by Gasteiger charge is -2.47. The van der Waals surface area contributed by atoms with E-state index in [1.807, 2.05) is 0 Å². The maximum atomic E-state index is 13.2. The van der Waals surface area contributed by atoms with Gasteiger partial charge < -0.3 is 4.74 Å². The summed E-state index contributed by atoms with van der Waals surface area (Å²) in [5.74, 6) is -0.391. The molecule has 1 aliphatic carbocycles. The third-order valence-corrected chi connectivity index (χ3v) is 8.41. The van der Waals surface area contributed by atoms with Gasteiger partial charge in [-0.25, -0.2) is 9.69 Å². The number of rotatable bonds is 8. The number of piperidine rings is 1. The van der Waals surface area contributed by atoms with Gasteiger partial charge in [-0.05, 0) is 62.3 Å². The van der Waals surface area contributed by atoms with Gasteiger partial charge in [0.25, 0.3) is 0 Å². The second-order valence-electron chi connectivity index (χ2n) is 11.1. The van der Waals surface area contributed by atoms with Gasteiger partial charge >= 0.3 is 5.97 Å². The van der Waals surface area contributed by atoms with Crippen LogP contribution in [-0.4, -0.2) is 48.4 Å². The van der Waals surface area contributed by atoms with E-state index in [9.17, 15) is 14.4 Å². The van der Waals surface area contributed by atoms with Gasteiger partial charge in [0.2, 0.25) is 11.8 Å². The van der Waals surface area contributed by atoms with Gasteiger partial charge in [-0.3, -0.25) is 14.5 Å². The van der Waals surface area contributed by atoms with E-state index in [4.69, 9.17) is 4.74 Å². The van der Waals surface area contributed by atoms with Gasteiger partial charge in [-0.15, -0.1) is 0 Å². The van der Waals surface area contributed by atoms with Crippen molar-refractivity contribution in [3.8, 4) is 0 Å². The molecule has 2 amide bonds. The number of imide groups is 1. The SMILES string of the molecule is CC1CC(=O)N(c2ccccc2C(=O)OC[C@H]2C[C@H]3CCCC[C@H]3N(CCCc3ccccc3)C2)C1=O. The molecule has 0 spiro atoms. The Morgan fingerprint density at radius 3 is 2.54 bits per heavy atom. The second-order valence-corrected chi connectivity index (χ2v) is 11.1. The third kappa shape index (κ3) is 5.80. The maximum Gasteiger partial charge on any atom is 0.340 e. The number of nitrogens with zero attached hydrogens (tertiary/aromatic N) is 2. The fourth-order valence-corrected chi connectivity index (χ4v) is 6.57. The molecule has 2 aliphatic heterocycles. The van der Waals surface area contributed by atoms with E-state index in [1.54, 1.807) is 31.2 Å². The van der Waals surface area contributed by atoms with Crippen LogP contribution in [0.3, 0.4) is 0 Å². The molecule has 196 valence electrons. The van der Waals surface area contributed by atoms with Crippen LogP contribution in [0.25, 0.3) is 0 Å². The third-order valence-electron chi connectivity index (χ3n) is 8.41. The van der Waals surface area contributed by atoms with Crippen molar-refractivity contribution in [2.75, 3.05) is 24.6 Å². The Balaban J connectivity index is 1.22. The lowest BCUT2D eigenvalue weighted by molar-refractivity contribution is -0.122. The number of benzene rings is 2. The van der Waals surface area contributed by atoms with Crippen LogP contribution in [0.2, 0.25) is 0 Å². The van der Waals surface area contributed by atoms with Crippen LogP contribution in [0.5, 0.6) is 0 Å². The van der Waals surface area contributed by atoms with Gasteiger partial charge in [0, 0.05) is 30.8 Å². The molecular weight excluding hydrogens is 464 g/mol. The van der Waals surface area contributed by atoms with Crippen LogP contribution in [0.4, 0.5) is 5.69 Å². The predicted octanol–water partition coefficient (Wildman–Crippen LogP) is 5.26. The Bertz CT molecular complexity index is 1120. The number of fused-ring (bicyclic) bond motifs is 1. The maximum absolute atomic E-state index is 13.2. The fourth-order valence-electron chi connectivity index (χ4n) is 6.57. The first-order chi connectivity index (χ1) is 18.0. The molecule has 3 fully saturated rings. The number of esters is 1. The standard InChI is InChI=1S/C31H38N2O4/c1-22-18-29(34)33(30(22)35)28-16-8-6-14-26(28)31(36)37-21-24-19-25-13-5-7-15-27(25)32(20-24)17-9-12-23-10-3-2-4-11-23/h2-4,6,8,10-11,14,16,22,24-25,27H,5,7,9,12-13,15,17-21H2,1H3/t22?,24-,25+,27+/m0/s1. The Morgan fingerprint density at radius 2 is 1.76 bits per heavy atom. The number of aryl methyl sites for hydroxylation is 1. The average molecular weight is 503 g/mol. The number of amides is 2. The van der Waals surface area contributed by atoms with Gasteiger partial charge in [0.15, 0.2) is 0 Å². The first kappa shape index (κ1) is 25.7. The molecule has 5 rings (SSSR count). The zero-order valence-electron chi connectivity index (χ0n) is 21.8. The van der Waals surface area contributed by atoms with E-state index in [2.05, 4.69) is 35.2 Å². The molecule has 4 atom stereocenters. The van der Waals surface area contributed by atoms with E-state index in [0.29, 0.717) is 30.2 Å². The highest BCUT2D eigenvalue weighted by Gasteiger charge is 2.39. The number of anilines is 1. The molecule has 1 unspecified atom stereocenters. The summed E-state index contributed by atoms with van der Waals surface area (Å²) in [6, 6.07) is 18.1. The molecule has 6 nitrogen and oxygen atoms in total. The minimum absolute atomic E-state index is 0.174. The minimum Gasteiger partial charge on any atom is -0.462 e. The summed E-state index contributed by atoms with van der Waals surface area (Å²) in [7, 11) is 0. The highest BCUT2D eigenvalue weighted by molar-refractivity contribution is 6.22. The molecule has 1 saturated carbocycles. The molecule has 3 aliphatic rings. The van der Waals surface area contributed by atoms with Crippen molar-refractivity contribution >= 4 is 23.5 Å².